The van der Waals surface area contributed by atoms with Crippen LogP contribution in [-0.4, -0.2) is 64.3 Å². The first-order valence-electron chi connectivity index (χ1n) is 9.46. The number of aromatic hydroxyl groups is 1. The highest BCUT2D eigenvalue weighted by Crippen LogP contribution is 2.23. The van der Waals surface area contributed by atoms with E-state index in [1.807, 2.05) is 0 Å². The van der Waals surface area contributed by atoms with E-state index in [0.717, 1.165) is 5.56 Å². The van der Waals surface area contributed by atoms with Crippen LogP contribution in [0.25, 0.3) is 0 Å². The molecule has 2 atom stereocenters. The lowest BCUT2D eigenvalue weighted by molar-refractivity contribution is -0.152. The molecule has 0 unspecified atom stereocenters. The highest BCUT2D eigenvalue weighted by molar-refractivity contribution is 6.35. The van der Waals surface area contributed by atoms with Crippen LogP contribution in [0.5, 0.6) is 5.75 Å². The molecular weight excluding hydrogens is 429 g/mol. The van der Waals surface area contributed by atoms with Gasteiger partial charge in [-0.3, -0.25) is 14.4 Å². The highest BCUT2D eigenvalue weighted by atomic mass is 35.5. The van der Waals surface area contributed by atoms with Crippen LogP contribution >= 0.6 is 23.2 Å². The maximum absolute atomic E-state index is 12.9. The molecule has 2 saturated heterocycles. The van der Waals surface area contributed by atoms with Gasteiger partial charge in [-0.2, -0.15) is 0 Å². The minimum atomic E-state index is -0.735. The number of fused-ring (bicyclic) bond motifs is 1. The average Bonchev–Trinajstić information content (AvgIpc) is 2.72. The van der Waals surface area contributed by atoms with Crippen molar-refractivity contribution in [2.45, 2.75) is 18.5 Å². The van der Waals surface area contributed by atoms with Gasteiger partial charge in [-0.15, -0.1) is 0 Å². The first-order chi connectivity index (χ1) is 14.3. The van der Waals surface area contributed by atoms with Gasteiger partial charge in [0.2, 0.25) is 11.8 Å². The Balaban J connectivity index is 1.46. The van der Waals surface area contributed by atoms with E-state index in [4.69, 9.17) is 23.2 Å². The lowest BCUT2D eigenvalue weighted by atomic mass is 9.98. The van der Waals surface area contributed by atoms with Crippen LogP contribution in [0.1, 0.15) is 15.9 Å². The predicted molar refractivity (Wildman–Crippen MR) is 112 cm³/mol. The van der Waals surface area contributed by atoms with Gasteiger partial charge in [0.15, 0.2) is 0 Å². The summed E-state index contributed by atoms with van der Waals surface area (Å²) in [7, 11) is 0. The number of phenolic OH excluding ortho intramolecular Hbond substituents is 1. The molecule has 7 nitrogen and oxygen atoms in total. The minimum Gasteiger partial charge on any atom is -0.508 e. The first-order valence-corrected chi connectivity index (χ1v) is 10.2. The molecule has 0 spiro atoms. The fourth-order valence-corrected chi connectivity index (χ4v) is 4.38. The van der Waals surface area contributed by atoms with Crippen molar-refractivity contribution in [1.82, 2.24) is 15.1 Å². The van der Waals surface area contributed by atoms with E-state index in [1.54, 1.807) is 35.2 Å². The van der Waals surface area contributed by atoms with Crippen LogP contribution in [0.2, 0.25) is 10.0 Å². The third-order valence-electron chi connectivity index (χ3n) is 5.35. The molecule has 2 aliphatic rings. The normalized spacial score (nSPS) is 21.3. The fraction of sp³-hybridized carbons (Fsp3) is 0.286. The van der Waals surface area contributed by atoms with Crippen molar-refractivity contribution < 1.29 is 19.5 Å². The smallest absolute Gasteiger partial charge is 0.254 e. The molecule has 9 heteroatoms. The number of amides is 3. The van der Waals surface area contributed by atoms with Crippen molar-refractivity contribution in [3.8, 4) is 5.75 Å². The Labute approximate surface area is 183 Å². The van der Waals surface area contributed by atoms with Gasteiger partial charge in [0.25, 0.3) is 5.91 Å². The Morgan fingerprint density at radius 2 is 1.73 bits per heavy atom. The third kappa shape index (κ3) is 4.08. The Morgan fingerprint density at radius 3 is 2.40 bits per heavy atom. The van der Waals surface area contributed by atoms with E-state index in [2.05, 4.69) is 5.32 Å². The van der Waals surface area contributed by atoms with Gasteiger partial charge in [-0.1, -0.05) is 35.3 Å². The molecule has 3 amide bonds. The summed E-state index contributed by atoms with van der Waals surface area (Å²) in [6.45, 7) is 0.680. The van der Waals surface area contributed by atoms with Crippen LogP contribution in [0.3, 0.4) is 0 Å². The number of carbonyl (C=O) groups is 3. The Hall–Kier alpha value is -2.77. The van der Waals surface area contributed by atoms with Crippen molar-refractivity contribution in [3.05, 3.63) is 63.6 Å². The molecule has 0 aromatic heterocycles. The van der Waals surface area contributed by atoms with Gasteiger partial charge in [0, 0.05) is 35.1 Å². The first kappa shape index (κ1) is 20.5. The highest BCUT2D eigenvalue weighted by Gasteiger charge is 2.44. The Kier molecular flexibility index (Phi) is 5.58. The topological polar surface area (TPSA) is 89.9 Å². The molecule has 0 bridgehead atoms. The predicted octanol–water partition coefficient (Wildman–Crippen LogP) is 2.09. The van der Waals surface area contributed by atoms with E-state index in [0.29, 0.717) is 28.6 Å². The molecule has 2 aromatic rings. The standard InChI is InChI=1S/C21H19Cl2N3O4/c22-14-8-13(9-15(23)10-14)20(29)25-5-6-26-18(11-25)19(28)24-17(21(26)30)7-12-1-3-16(27)4-2-12/h1-4,8-10,17-18,27H,5-7,11H2,(H,24,28)/t17-,18-/m1/s1. The van der Waals surface area contributed by atoms with Crippen LogP contribution in [0.4, 0.5) is 0 Å². The number of hydrogen-bond donors (Lipinski definition) is 2. The summed E-state index contributed by atoms with van der Waals surface area (Å²) in [4.78, 5) is 41.6. The van der Waals surface area contributed by atoms with E-state index >= 15 is 0 Å². The average molecular weight is 448 g/mol. The lowest BCUT2D eigenvalue weighted by Gasteiger charge is -2.45. The van der Waals surface area contributed by atoms with Crippen LogP contribution in [0, 0.1) is 0 Å². The second kappa shape index (κ2) is 8.16. The number of nitrogens with one attached hydrogen (secondary N) is 1. The fourth-order valence-electron chi connectivity index (χ4n) is 3.85. The summed E-state index contributed by atoms with van der Waals surface area (Å²) in [6, 6.07) is 9.71. The molecule has 2 N–H and O–H groups in total. The molecule has 0 saturated carbocycles. The molecule has 2 heterocycles. The SMILES string of the molecule is O=C1N[C@H](Cc2ccc(O)cc2)C(=O)N2CCN(C(=O)c3cc(Cl)cc(Cl)c3)C[C@H]12. The number of rotatable bonds is 3. The summed E-state index contributed by atoms with van der Waals surface area (Å²) in [5.41, 5.74) is 1.17. The van der Waals surface area contributed by atoms with E-state index in [-0.39, 0.29) is 36.6 Å². The van der Waals surface area contributed by atoms with Gasteiger partial charge in [0.05, 0.1) is 6.54 Å². The summed E-state index contributed by atoms with van der Waals surface area (Å²) in [6.07, 6.45) is 0.331. The molecule has 156 valence electrons. The van der Waals surface area contributed by atoms with Gasteiger partial charge >= 0.3 is 0 Å². The Morgan fingerprint density at radius 1 is 1.07 bits per heavy atom. The molecule has 0 aliphatic carbocycles. The van der Waals surface area contributed by atoms with Crippen molar-refractivity contribution in [3.63, 3.8) is 0 Å². The van der Waals surface area contributed by atoms with E-state index in [1.165, 1.54) is 17.0 Å². The minimum absolute atomic E-state index is 0.104. The number of piperazine rings is 2. The van der Waals surface area contributed by atoms with Crippen LogP contribution in [-0.2, 0) is 16.0 Å². The molecular formula is C21H19Cl2N3O4. The van der Waals surface area contributed by atoms with Crippen LogP contribution in [0.15, 0.2) is 42.5 Å². The lowest BCUT2D eigenvalue weighted by Crippen LogP contribution is -2.70. The summed E-state index contributed by atoms with van der Waals surface area (Å²) < 4.78 is 0. The second-order valence-electron chi connectivity index (χ2n) is 7.39. The molecule has 2 fully saturated rings. The number of carbonyl (C=O) groups excluding carboxylic acids is 3. The number of benzene rings is 2. The largest absolute Gasteiger partial charge is 0.508 e. The van der Waals surface area contributed by atoms with Crippen LogP contribution < -0.4 is 5.32 Å². The van der Waals surface area contributed by atoms with Gasteiger partial charge < -0.3 is 20.2 Å². The number of nitrogens with zero attached hydrogens (tertiary/aromatic N) is 2. The maximum Gasteiger partial charge on any atom is 0.254 e. The molecule has 30 heavy (non-hydrogen) atoms. The van der Waals surface area contributed by atoms with Crippen molar-refractivity contribution in [2.75, 3.05) is 19.6 Å². The van der Waals surface area contributed by atoms with Gasteiger partial charge in [0.1, 0.15) is 17.8 Å². The summed E-state index contributed by atoms with van der Waals surface area (Å²) in [5.74, 6) is -0.615. The monoisotopic (exact) mass is 447 g/mol. The molecule has 4 rings (SSSR count). The molecule has 2 aliphatic heterocycles. The number of hydrogen-bond acceptors (Lipinski definition) is 4. The maximum atomic E-state index is 12.9. The second-order valence-corrected chi connectivity index (χ2v) is 8.26. The third-order valence-corrected chi connectivity index (χ3v) is 5.79. The quantitative estimate of drug-likeness (QED) is 0.753. The summed E-state index contributed by atoms with van der Waals surface area (Å²) >= 11 is 12.0. The van der Waals surface area contributed by atoms with Crippen molar-refractivity contribution in [1.29, 1.82) is 0 Å². The molecule has 2 aromatic carbocycles. The Bertz CT molecular complexity index is 992. The van der Waals surface area contributed by atoms with Gasteiger partial charge in [-0.25, -0.2) is 0 Å². The summed E-state index contributed by atoms with van der Waals surface area (Å²) in [5, 5.41) is 12.9. The van der Waals surface area contributed by atoms with E-state index in [9.17, 15) is 19.5 Å². The zero-order valence-corrected chi connectivity index (χ0v) is 17.4. The molecule has 0 radical (unpaired) electrons. The van der Waals surface area contributed by atoms with Gasteiger partial charge in [-0.05, 0) is 35.9 Å². The van der Waals surface area contributed by atoms with Crippen molar-refractivity contribution >= 4 is 40.9 Å². The zero-order chi connectivity index (χ0) is 21.4. The zero-order valence-electron chi connectivity index (χ0n) is 15.8. The number of halogens is 2. The number of phenols is 1. The van der Waals surface area contributed by atoms with Crippen molar-refractivity contribution in [2.24, 2.45) is 0 Å². The van der Waals surface area contributed by atoms with E-state index < -0.39 is 12.1 Å².